The Hall–Kier alpha value is -1.23. The molecule has 5 heteroatoms. The zero-order valence-corrected chi connectivity index (χ0v) is 8.64. The Labute approximate surface area is 85.4 Å². The van der Waals surface area contributed by atoms with Gasteiger partial charge < -0.3 is 0 Å². The molecule has 4 nitrogen and oxygen atoms in total. The lowest BCUT2D eigenvalue weighted by Gasteiger charge is -1.84. The first-order valence-corrected chi connectivity index (χ1v) is 5.49. The van der Waals surface area contributed by atoms with Crippen LogP contribution < -0.4 is 0 Å². The molecule has 1 saturated carbocycles. The van der Waals surface area contributed by atoms with Crippen molar-refractivity contribution in [2.45, 2.75) is 25.7 Å². The van der Waals surface area contributed by atoms with E-state index in [1.54, 1.807) is 11.3 Å². The van der Waals surface area contributed by atoms with Gasteiger partial charge in [-0.25, -0.2) is 9.97 Å². The van der Waals surface area contributed by atoms with Gasteiger partial charge in [0.1, 0.15) is 5.82 Å². The van der Waals surface area contributed by atoms with Crippen LogP contribution in [0.15, 0.2) is 6.20 Å². The standard InChI is InChI=1S/C9H10N4S/c1-5-10-4-7(14-5)9-11-8(12-13-9)6-2-3-6/h4,6H,2-3H2,1H3,(H,11,12,13). The summed E-state index contributed by atoms with van der Waals surface area (Å²) in [5.41, 5.74) is 0. The Morgan fingerprint density at radius 2 is 2.36 bits per heavy atom. The highest BCUT2D eigenvalue weighted by Crippen LogP contribution is 2.38. The van der Waals surface area contributed by atoms with E-state index >= 15 is 0 Å². The van der Waals surface area contributed by atoms with Gasteiger partial charge in [-0.15, -0.1) is 11.3 Å². The molecule has 0 aliphatic heterocycles. The zero-order valence-electron chi connectivity index (χ0n) is 7.82. The molecule has 0 saturated heterocycles. The topological polar surface area (TPSA) is 54.5 Å². The summed E-state index contributed by atoms with van der Waals surface area (Å²) >= 11 is 1.63. The molecule has 1 aliphatic carbocycles. The second-order valence-electron chi connectivity index (χ2n) is 3.56. The predicted molar refractivity (Wildman–Crippen MR) is 54.2 cm³/mol. The van der Waals surface area contributed by atoms with Crippen molar-refractivity contribution in [3.63, 3.8) is 0 Å². The normalized spacial score (nSPS) is 16.1. The molecule has 14 heavy (non-hydrogen) atoms. The SMILES string of the molecule is Cc1ncc(-c2n[nH]c(C3CC3)n2)s1. The van der Waals surface area contributed by atoms with Crippen LogP contribution in [0.3, 0.4) is 0 Å². The van der Waals surface area contributed by atoms with Crippen LogP contribution in [0.2, 0.25) is 0 Å². The summed E-state index contributed by atoms with van der Waals surface area (Å²) in [6.45, 7) is 1.99. The zero-order chi connectivity index (χ0) is 9.54. The summed E-state index contributed by atoms with van der Waals surface area (Å²) in [7, 11) is 0. The summed E-state index contributed by atoms with van der Waals surface area (Å²) in [4.78, 5) is 9.69. The maximum absolute atomic E-state index is 4.46. The fourth-order valence-electron chi connectivity index (χ4n) is 1.39. The fourth-order valence-corrected chi connectivity index (χ4v) is 2.10. The average Bonchev–Trinajstić information content (AvgIpc) is 2.76. The van der Waals surface area contributed by atoms with E-state index < -0.39 is 0 Å². The molecule has 0 unspecified atom stereocenters. The molecule has 0 amide bonds. The van der Waals surface area contributed by atoms with Gasteiger partial charge in [0, 0.05) is 12.1 Å². The molecule has 0 bridgehead atoms. The Morgan fingerprint density at radius 3 is 3.00 bits per heavy atom. The van der Waals surface area contributed by atoms with E-state index in [0.717, 1.165) is 21.5 Å². The first kappa shape index (κ1) is 8.11. The van der Waals surface area contributed by atoms with Crippen LogP contribution in [0.5, 0.6) is 0 Å². The van der Waals surface area contributed by atoms with Gasteiger partial charge in [-0.3, -0.25) is 5.10 Å². The van der Waals surface area contributed by atoms with Crippen molar-refractivity contribution in [2.75, 3.05) is 0 Å². The smallest absolute Gasteiger partial charge is 0.192 e. The fraction of sp³-hybridized carbons (Fsp3) is 0.444. The third-order valence-electron chi connectivity index (χ3n) is 2.31. The predicted octanol–water partition coefficient (Wildman–Crippen LogP) is 2.11. The van der Waals surface area contributed by atoms with Gasteiger partial charge in [0.15, 0.2) is 5.82 Å². The number of hydrogen-bond acceptors (Lipinski definition) is 4. The molecule has 1 aliphatic rings. The highest BCUT2D eigenvalue weighted by Gasteiger charge is 2.27. The van der Waals surface area contributed by atoms with E-state index in [0.29, 0.717) is 5.92 Å². The van der Waals surface area contributed by atoms with Crippen molar-refractivity contribution in [1.29, 1.82) is 0 Å². The molecule has 0 spiro atoms. The molecule has 0 radical (unpaired) electrons. The number of rotatable bonds is 2. The van der Waals surface area contributed by atoms with Gasteiger partial charge in [-0.05, 0) is 19.8 Å². The number of thiazole rings is 1. The first-order valence-electron chi connectivity index (χ1n) is 4.68. The van der Waals surface area contributed by atoms with Gasteiger partial charge in [0.25, 0.3) is 0 Å². The number of aryl methyl sites for hydroxylation is 1. The quantitative estimate of drug-likeness (QED) is 0.818. The maximum atomic E-state index is 4.46. The average molecular weight is 206 g/mol. The summed E-state index contributed by atoms with van der Waals surface area (Å²) in [5, 5.41) is 8.24. The van der Waals surface area contributed by atoms with Crippen molar-refractivity contribution in [2.24, 2.45) is 0 Å². The molecule has 3 rings (SSSR count). The van der Waals surface area contributed by atoms with Crippen LogP contribution >= 0.6 is 11.3 Å². The second kappa shape index (κ2) is 2.88. The van der Waals surface area contributed by atoms with Gasteiger partial charge >= 0.3 is 0 Å². The lowest BCUT2D eigenvalue weighted by molar-refractivity contribution is 0.935. The van der Waals surface area contributed by atoms with E-state index in [-0.39, 0.29) is 0 Å². The Bertz CT molecular complexity index is 455. The monoisotopic (exact) mass is 206 g/mol. The van der Waals surface area contributed by atoms with Crippen LogP contribution in [0.4, 0.5) is 0 Å². The molecular weight excluding hydrogens is 196 g/mol. The van der Waals surface area contributed by atoms with Crippen LogP contribution in [0.25, 0.3) is 10.7 Å². The molecule has 1 fully saturated rings. The van der Waals surface area contributed by atoms with Crippen molar-refractivity contribution < 1.29 is 0 Å². The van der Waals surface area contributed by atoms with Crippen molar-refractivity contribution in [3.8, 4) is 10.7 Å². The lowest BCUT2D eigenvalue weighted by Crippen LogP contribution is -1.80. The molecule has 72 valence electrons. The van der Waals surface area contributed by atoms with Crippen molar-refractivity contribution in [3.05, 3.63) is 17.0 Å². The number of aromatic amines is 1. The minimum atomic E-state index is 0.630. The number of nitrogens with zero attached hydrogens (tertiary/aromatic N) is 3. The van der Waals surface area contributed by atoms with E-state index in [9.17, 15) is 0 Å². The van der Waals surface area contributed by atoms with Crippen molar-refractivity contribution in [1.82, 2.24) is 20.2 Å². The molecular formula is C9H10N4S. The first-order chi connectivity index (χ1) is 6.83. The largest absolute Gasteiger partial charge is 0.262 e. The number of hydrogen-bond donors (Lipinski definition) is 1. The van der Waals surface area contributed by atoms with E-state index in [2.05, 4.69) is 20.2 Å². The van der Waals surface area contributed by atoms with Crippen LogP contribution in [0, 0.1) is 6.92 Å². The molecule has 2 aromatic rings. The summed E-state index contributed by atoms with van der Waals surface area (Å²) in [5.74, 6) is 2.45. The molecule has 0 aromatic carbocycles. The second-order valence-corrected chi connectivity index (χ2v) is 4.80. The number of nitrogens with one attached hydrogen (secondary N) is 1. The maximum Gasteiger partial charge on any atom is 0.192 e. The summed E-state index contributed by atoms with van der Waals surface area (Å²) in [6.07, 6.45) is 4.33. The molecule has 0 atom stereocenters. The van der Waals surface area contributed by atoms with E-state index in [1.165, 1.54) is 12.8 Å². The summed E-state index contributed by atoms with van der Waals surface area (Å²) in [6, 6.07) is 0. The third kappa shape index (κ3) is 1.33. The molecule has 2 heterocycles. The Kier molecular flexibility index (Phi) is 1.67. The van der Waals surface area contributed by atoms with Gasteiger partial charge in [-0.2, -0.15) is 5.10 Å². The van der Waals surface area contributed by atoms with E-state index in [4.69, 9.17) is 0 Å². The van der Waals surface area contributed by atoms with Gasteiger partial charge in [0.2, 0.25) is 0 Å². The lowest BCUT2D eigenvalue weighted by atomic mass is 10.4. The summed E-state index contributed by atoms with van der Waals surface area (Å²) < 4.78 is 0. The highest BCUT2D eigenvalue weighted by molar-refractivity contribution is 7.14. The van der Waals surface area contributed by atoms with Crippen LogP contribution in [-0.2, 0) is 0 Å². The molecule has 2 aromatic heterocycles. The van der Waals surface area contributed by atoms with E-state index in [1.807, 2.05) is 13.1 Å². The minimum absolute atomic E-state index is 0.630. The Morgan fingerprint density at radius 1 is 1.50 bits per heavy atom. The third-order valence-corrected chi connectivity index (χ3v) is 3.22. The van der Waals surface area contributed by atoms with Crippen LogP contribution in [0.1, 0.15) is 29.6 Å². The number of aromatic nitrogens is 4. The van der Waals surface area contributed by atoms with Crippen LogP contribution in [-0.4, -0.2) is 20.2 Å². The number of H-pyrrole nitrogens is 1. The van der Waals surface area contributed by atoms with Gasteiger partial charge in [-0.1, -0.05) is 0 Å². The minimum Gasteiger partial charge on any atom is -0.262 e. The van der Waals surface area contributed by atoms with Gasteiger partial charge in [0.05, 0.1) is 9.88 Å². The Balaban J connectivity index is 1.95. The highest BCUT2D eigenvalue weighted by atomic mass is 32.1. The molecule has 1 N–H and O–H groups in total. The van der Waals surface area contributed by atoms with Crippen molar-refractivity contribution >= 4 is 11.3 Å².